The molecule has 0 saturated carbocycles. The third kappa shape index (κ3) is 2.42. The van der Waals surface area contributed by atoms with E-state index >= 15 is 0 Å². The Kier molecular flexibility index (Phi) is 3.25. The molecular weight excluding hydrogens is 254 g/mol. The summed E-state index contributed by atoms with van der Waals surface area (Å²) in [4.78, 5) is 16.4. The van der Waals surface area contributed by atoms with Gasteiger partial charge in [-0.05, 0) is 11.6 Å². The Morgan fingerprint density at radius 1 is 1.20 bits per heavy atom. The van der Waals surface area contributed by atoms with Crippen LogP contribution in [0.2, 0.25) is 0 Å². The van der Waals surface area contributed by atoms with E-state index in [1.807, 2.05) is 30.3 Å². The Labute approximate surface area is 117 Å². The molecule has 0 fully saturated rings. The van der Waals surface area contributed by atoms with Gasteiger partial charge in [-0.25, -0.2) is 0 Å². The van der Waals surface area contributed by atoms with Crippen LogP contribution < -0.4 is 15.4 Å². The lowest BCUT2D eigenvalue weighted by atomic mass is 10.0. The van der Waals surface area contributed by atoms with Crippen LogP contribution in [0.5, 0.6) is 5.88 Å². The lowest BCUT2D eigenvalue weighted by molar-refractivity contribution is -0.117. The van der Waals surface area contributed by atoms with Crippen LogP contribution in [0.15, 0.2) is 42.5 Å². The Morgan fingerprint density at radius 2 is 2.00 bits per heavy atom. The molecule has 2 aromatic rings. The molecule has 2 N–H and O–H groups in total. The van der Waals surface area contributed by atoms with Crippen molar-refractivity contribution in [2.24, 2.45) is 0 Å². The number of carbonyl (C=O) groups is 1. The molecule has 0 radical (unpaired) electrons. The Hall–Kier alpha value is -2.56. The summed E-state index contributed by atoms with van der Waals surface area (Å²) in [6.07, 6.45) is 0.616. The van der Waals surface area contributed by atoms with E-state index in [-0.39, 0.29) is 11.9 Å². The summed E-state index contributed by atoms with van der Waals surface area (Å²) >= 11 is 0. The minimum atomic E-state index is -0.329. The van der Waals surface area contributed by atoms with Gasteiger partial charge in [-0.2, -0.15) is 4.98 Å². The van der Waals surface area contributed by atoms with Gasteiger partial charge in [0.05, 0.1) is 12.8 Å². The fraction of sp³-hybridized carbons (Fsp3) is 0.200. The first-order chi connectivity index (χ1) is 9.76. The summed E-state index contributed by atoms with van der Waals surface area (Å²) < 4.78 is 5.10. The monoisotopic (exact) mass is 269 g/mol. The number of nitrogens with one attached hydrogen (secondary N) is 2. The minimum absolute atomic E-state index is 0.0479. The van der Waals surface area contributed by atoms with Gasteiger partial charge < -0.3 is 15.4 Å². The van der Waals surface area contributed by atoms with Crippen molar-refractivity contribution >= 4 is 17.4 Å². The topological polar surface area (TPSA) is 63.2 Å². The molecule has 102 valence electrons. The highest BCUT2D eigenvalue weighted by molar-refractivity contribution is 6.02. The second-order valence-electron chi connectivity index (χ2n) is 4.63. The summed E-state index contributed by atoms with van der Waals surface area (Å²) in [5.74, 6) is 1.11. The molecule has 1 aliphatic heterocycles. The second-order valence-corrected chi connectivity index (χ2v) is 4.63. The van der Waals surface area contributed by atoms with Gasteiger partial charge >= 0.3 is 0 Å². The highest BCUT2D eigenvalue weighted by Crippen LogP contribution is 2.27. The molecule has 1 aromatic carbocycles. The highest BCUT2D eigenvalue weighted by Gasteiger charge is 2.26. The summed E-state index contributed by atoms with van der Waals surface area (Å²) in [5.41, 5.74) is 1.78. The summed E-state index contributed by atoms with van der Waals surface area (Å²) in [5, 5.41) is 6.03. The molecule has 5 nitrogen and oxygen atoms in total. The van der Waals surface area contributed by atoms with E-state index in [0.717, 1.165) is 5.56 Å². The van der Waals surface area contributed by atoms with E-state index in [9.17, 15) is 4.79 Å². The first-order valence-corrected chi connectivity index (χ1v) is 6.42. The van der Waals surface area contributed by atoms with Crippen molar-refractivity contribution in [1.82, 2.24) is 4.98 Å². The number of carbonyl (C=O) groups excluding carboxylic acids is 1. The number of benzene rings is 1. The summed E-state index contributed by atoms with van der Waals surface area (Å²) in [6, 6.07) is 13.1. The maximum atomic E-state index is 12.1. The molecule has 5 heteroatoms. The van der Waals surface area contributed by atoms with Crippen molar-refractivity contribution in [3.63, 3.8) is 0 Å². The molecule has 1 aliphatic rings. The Morgan fingerprint density at radius 3 is 2.75 bits per heavy atom. The number of ether oxygens (including phenoxy) is 1. The molecule has 1 amide bonds. The second kappa shape index (κ2) is 5.21. The zero-order valence-electron chi connectivity index (χ0n) is 11.1. The lowest BCUT2D eigenvalue weighted by Crippen LogP contribution is -2.40. The first-order valence-electron chi connectivity index (χ1n) is 6.42. The van der Waals surface area contributed by atoms with Crippen LogP contribution in [0.1, 0.15) is 5.56 Å². The van der Waals surface area contributed by atoms with Crippen molar-refractivity contribution in [3.8, 4) is 5.88 Å². The van der Waals surface area contributed by atoms with Crippen LogP contribution in [0.4, 0.5) is 11.5 Å². The summed E-state index contributed by atoms with van der Waals surface area (Å²) in [6.45, 7) is 0. The van der Waals surface area contributed by atoms with Gasteiger partial charge in [0.25, 0.3) is 0 Å². The number of aromatic nitrogens is 1. The van der Waals surface area contributed by atoms with E-state index in [1.165, 1.54) is 0 Å². The molecule has 20 heavy (non-hydrogen) atoms. The number of amides is 1. The standard InChI is InChI=1S/C15H15N3O2/c1-20-13-8-7-11-14(18-13)16-12(15(19)17-11)9-10-5-3-2-4-6-10/h2-8,12H,9H2,1H3,(H,16,18)(H,17,19). The third-order valence-corrected chi connectivity index (χ3v) is 3.25. The van der Waals surface area contributed by atoms with Gasteiger partial charge in [0.1, 0.15) is 6.04 Å². The van der Waals surface area contributed by atoms with Crippen molar-refractivity contribution in [2.45, 2.75) is 12.5 Å². The van der Waals surface area contributed by atoms with Gasteiger partial charge in [-0.15, -0.1) is 0 Å². The molecule has 1 atom stereocenters. The number of hydrogen-bond donors (Lipinski definition) is 2. The molecule has 2 heterocycles. The van der Waals surface area contributed by atoms with Gasteiger partial charge in [-0.3, -0.25) is 4.79 Å². The van der Waals surface area contributed by atoms with Gasteiger partial charge in [0, 0.05) is 12.5 Å². The molecule has 3 rings (SSSR count). The molecule has 0 saturated heterocycles. The first kappa shape index (κ1) is 12.5. The zero-order valence-corrected chi connectivity index (χ0v) is 11.1. The number of rotatable bonds is 3. The Balaban J connectivity index is 1.82. The number of anilines is 2. The lowest BCUT2D eigenvalue weighted by Gasteiger charge is -2.26. The number of fused-ring (bicyclic) bond motifs is 1. The number of nitrogens with zero attached hydrogens (tertiary/aromatic N) is 1. The third-order valence-electron chi connectivity index (χ3n) is 3.25. The normalized spacial score (nSPS) is 16.9. The van der Waals surface area contributed by atoms with Crippen molar-refractivity contribution in [3.05, 3.63) is 48.0 Å². The van der Waals surface area contributed by atoms with Crippen LogP contribution in [-0.4, -0.2) is 24.0 Å². The fourth-order valence-corrected chi connectivity index (χ4v) is 2.21. The average molecular weight is 269 g/mol. The minimum Gasteiger partial charge on any atom is -0.481 e. The maximum Gasteiger partial charge on any atom is 0.247 e. The predicted molar refractivity (Wildman–Crippen MR) is 77.0 cm³/mol. The van der Waals surface area contributed by atoms with E-state index in [4.69, 9.17) is 4.74 Å². The number of methoxy groups -OCH3 is 1. The Bertz CT molecular complexity index is 628. The van der Waals surface area contributed by atoms with Crippen molar-refractivity contribution in [2.75, 3.05) is 17.7 Å². The smallest absolute Gasteiger partial charge is 0.247 e. The van der Waals surface area contributed by atoms with E-state index in [2.05, 4.69) is 15.6 Å². The van der Waals surface area contributed by atoms with Crippen LogP contribution in [0, 0.1) is 0 Å². The quantitative estimate of drug-likeness (QED) is 0.895. The molecule has 0 aliphatic carbocycles. The fourth-order valence-electron chi connectivity index (χ4n) is 2.21. The van der Waals surface area contributed by atoms with Crippen LogP contribution >= 0.6 is 0 Å². The zero-order chi connectivity index (χ0) is 13.9. The molecule has 1 unspecified atom stereocenters. The molecular formula is C15H15N3O2. The van der Waals surface area contributed by atoms with Crippen LogP contribution in [-0.2, 0) is 11.2 Å². The van der Waals surface area contributed by atoms with Crippen molar-refractivity contribution < 1.29 is 9.53 Å². The maximum absolute atomic E-state index is 12.1. The summed E-state index contributed by atoms with van der Waals surface area (Å²) in [7, 11) is 1.57. The highest BCUT2D eigenvalue weighted by atomic mass is 16.5. The number of pyridine rings is 1. The largest absolute Gasteiger partial charge is 0.481 e. The van der Waals surface area contributed by atoms with Crippen LogP contribution in [0.3, 0.4) is 0 Å². The predicted octanol–water partition coefficient (Wildman–Crippen LogP) is 2.07. The SMILES string of the molecule is COc1ccc2c(n1)NC(Cc1ccccc1)C(=O)N2. The van der Waals surface area contributed by atoms with E-state index < -0.39 is 0 Å². The van der Waals surface area contributed by atoms with Gasteiger partial charge in [-0.1, -0.05) is 30.3 Å². The van der Waals surface area contributed by atoms with E-state index in [0.29, 0.717) is 23.8 Å². The molecule has 0 spiro atoms. The molecule has 0 bridgehead atoms. The van der Waals surface area contributed by atoms with Gasteiger partial charge in [0.2, 0.25) is 11.8 Å². The van der Waals surface area contributed by atoms with E-state index in [1.54, 1.807) is 19.2 Å². The molecule has 1 aromatic heterocycles. The van der Waals surface area contributed by atoms with Crippen LogP contribution in [0.25, 0.3) is 0 Å². The average Bonchev–Trinajstić information content (AvgIpc) is 2.48. The number of hydrogen-bond acceptors (Lipinski definition) is 4. The van der Waals surface area contributed by atoms with Gasteiger partial charge in [0.15, 0.2) is 5.82 Å². The van der Waals surface area contributed by atoms with Crippen molar-refractivity contribution in [1.29, 1.82) is 0 Å².